The van der Waals surface area contributed by atoms with Crippen molar-refractivity contribution in [2.75, 3.05) is 6.54 Å². The first-order valence-electron chi connectivity index (χ1n) is 5.51. The van der Waals surface area contributed by atoms with E-state index in [0.717, 1.165) is 12.8 Å². The molecular weight excluding hydrogens is 286 g/mol. The van der Waals surface area contributed by atoms with Crippen LogP contribution in [0, 0.1) is 5.92 Å². The number of nitrogens with one attached hydrogen (secondary N) is 2. The summed E-state index contributed by atoms with van der Waals surface area (Å²) in [6.07, 6.45) is 3.65. The third-order valence-corrected chi connectivity index (χ3v) is 3.47. The quantitative estimate of drug-likeness (QED) is 0.761. The first kappa shape index (κ1) is 12.3. The molecule has 2 rings (SSSR count). The molecule has 0 bridgehead atoms. The standard InChI is InChI=1S/C11H14BrN3O2/c12-8-3-7(5-14-11(8)17)10(16)15-9(4-13)6-1-2-6/h3,5-6,9H,1-2,4,13H2,(H,14,17)(H,15,16). The Kier molecular flexibility index (Phi) is 3.63. The molecule has 0 saturated heterocycles. The highest BCUT2D eigenvalue weighted by molar-refractivity contribution is 9.10. The van der Waals surface area contributed by atoms with Crippen molar-refractivity contribution in [3.05, 3.63) is 32.7 Å². The summed E-state index contributed by atoms with van der Waals surface area (Å²) in [5, 5.41) is 2.88. The topological polar surface area (TPSA) is 88.0 Å². The number of nitrogens with two attached hydrogens (primary N) is 1. The fourth-order valence-corrected chi connectivity index (χ4v) is 2.07. The van der Waals surface area contributed by atoms with E-state index in [1.165, 1.54) is 12.3 Å². The van der Waals surface area contributed by atoms with Crippen LogP contribution in [0.15, 0.2) is 21.5 Å². The largest absolute Gasteiger partial charge is 0.348 e. The molecule has 0 radical (unpaired) electrons. The van der Waals surface area contributed by atoms with Crippen molar-refractivity contribution < 1.29 is 4.79 Å². The number of pyridine rings is 1. The average molecular weight is 300 g/mol. The lowest BCUT2D eigenvalue weighted by molar-refractivity contribution is 0.0933. The van der Waals surface area contributed by atoms with E-state index < -0.39 is 0 Å². The van der Waals surface area contributed by atoms with Crippen molar-refractivity contribution >= 4 is 21.8 Å². The molecule has 4 N–H and O–H groups in total. The number of halogens is 1. The molecule has 1 aliphatic carbocycles. The number of aromatic nitrogens is 1. The van der Waals surface area contributed by atoms with Gasteiger partial charge in [-0.05, 0) is 40.8 Å². The summed E-state index contributed by atoms with van der Waals surface area (Å²) in [7, 11) is 0. The number of aromatic amines is 1. The summed E-state index contributed by atoms with van der Waals surface area (Å²) >= 11 is 3.09. The lowest BCUT2D eigenvalue weighted by Gasteiger charge is -2.15. The molecule has 1 heterocycles. The van der Waals surface area contributed by atoms with Gasteiger partial charge in [0.05, 0.1) is 10.0 Å². The summed E-state index contributed by atoms with van der Waals surface area (Å²) in [6.45, 7) is 0.445. The van der Waals surface area contributed by atoms with Gasteiger partial charge in [0.1, 0.15) is 0 Å². The van der Waals surface area contributed by atoms with Gasteiger partial charge >= 0.3 is 0 Å². The number of H-pyrrole nitrogens is 1. The van der Waals surface area contributed by atoms with Gasteiger partial charge in [0.25, 0.3) is 11.5 Å². The summed E-state index contributed by atoms with van der Waals surface area (Å²) in [4.78, 5) is 25.5. The SMILES string of the molecule is NCC(NC(=O)c1c[nH]c(=O)c(Br)c1)C1CC1. The molecule has 1 atom stereocenters. The highest BCUT2D eigenvalue weighted by Crippen LogP contribution is 2.32. The van der Waals surface area contributed by atoms with E-state index in [4.69, 9.17) is 5.73 Å². The number of hydrogen-bond acceptors (Lipinski definition) is 3. The van der Waals surface area contributed by atoms with E-state index in [2.05, 4.69) is 26.2 Å². The molecule has 0 spiro atoms. The lowest BCUT2D eigenvalue weighted by Crippen LogP contribution is -2.41. The number of carbonyl (C=O) groups excluding carboxylic acids is 1. The van der Waals surface area contributed by atoms with Crippen LogP contribution in [0.25, 0.3) is 0 Å². The van der Waals surface area contributed by atoms with Gasteiger partial charge in [-0.25, -0.2) is 0 Å². The van der Waals surface area contributed by atoms with Gasteiger partial charge in [-0.1, -0.05) is 0 Å². The minimum Gasteiger partial charge on any atom is -0.348 e. The molecule has 5 nitrogen and oxygen atoms in total. The highest BCUT2D eigenvalue weighted by Gasteiger charge is 2.31. The zero-order valence-electron chi connectivity index (χ0n) is 9.20. The molecule has 1 amide bonds. The minimum absolute atomic E-state index is 0.0354. The van der Waals surface area contributed by atoms with E-state index in [1.54, 1.807) is 0 Å². The van der Waals surface area contributed by atoms with Gasteiger partial charge < -0.3 is 16.0 Å². The van der Waals surface area contributed by atoms with Crippen molar-refractivity contribution in [1.82, 2.24) is 10.3 Å². The molecule has 0 aromatic carbocycles. The van der Waals surface area contributed by atoms with E-state index in [0.29, 0.717) is 22.5 Å². The number of hydrogen-bond donors (Lipinski definition) is 3. The fourth-order valence-electron chi connectivity index (χ4n) is 1.71. The second-order valence-electron chi connectivity index (χ2n) is 4.22. The summed E-state index contributed by atoms with van der Waals surface area (Å²) < 4.78 is 0.348. The van der Waals surface area contributed by atoms with Crippen molar-refractivity contribution in [3.63, 3.8) is 0 Å². The Balaban J connectivity index is 2.08. The van der Waals surface area contributed by atoms with Crippen LogP contribution in [0.5, 0.6) is 0 Å². The normalized spacial score (nSPS) is 16.6. The molecule has 1 saturated carbocycles. The molecule has 1 aromatic heterocycles. The zero-order valence-corrected chi connectivity index (χ0v) is 10.8. The van der Waals surface area contributed by atoms with Crippen LogP contribution in [-0.2, 0) is 0 Å². The molecule has 1 aliphatic rings. The van der Waals surface area contributed by atoms with Crippen molar-refractivity contribution in [2.24, 2.45) is 11.7 Å². The Morgan fingerprint density at radius 3 is 2.88 bits per heavy atom. The summed E-state index contributed by atoms with van der Waals surface area (Å²) in [6, 6.07) is 1.54. The summed E-state index contributed by atoms with van der Waals surface area (Å²) in [5.41, 5.74) is 5.79. The predicted octanol–water partition coefficient (Wildman–Crippen LogP) is 0.604. The zero-order chi connectivity index (χ0) is 12.4. The molecule has 6 heteroatoms. The molecule has 1 unspecified atom stereocenters. The maximum atomic E-state index is 11.9. The molecule has 0 aliphatic heterocycles. The second kappa shape index (κ2) is 5.01. The predicted molar refractivity (Wildman–Crippen MR) is 67.8 cm³/mol. The van der Waals surface area contributed by atoms with Crippen LogP contribution >= 0.6 is 15.9 Å². The Bertz CT molecular complexity index is 482. The van der Waals surface area contributed by atoms with E-state index >= 15 is 0 Å². The Morgan fingerprint density at radius 1 is 1.65 bits per heavy atom. The van der Waals surface area contributed by atoms with Crippen molar-refractivity contribution in [2.45, 2.75) is 18.9 Å². The molecule has 1 fully saturated rings. The van der Waals surface area contributed by atoms with Gasteiger partial charge in [-0.15, -0.1) is 0 Å². The van der Waals surface area contributed by atoms with E-state index in [9.17, 15) is 9.59 Å². The first-order chi connectivity index (χ1) is 8.11. The molecule has 17 heavy (non-hydrogen) atoms. The average Bonchev–Trinajstić information content (AvgIpc) is 3.13. The maximum Gasteiger partial charge on any atom is 0.262 e. The maximum absolute atomic E-state index is 11.9. The Morgan fingerprint density at radius 2 is 2.35 bits per heavy atom. The van der Waals surface area contributed by atoms with Gasteiger partial charge in [0.15, 0.2) is 0 Å². The molecule has 92 valence electrons. The third-order valence-electron chi connectivity index (χ3n) is 2.88. The van der Waals surface area contributed by atoms with Crippen molar-refractivity contribution in [3.8, 4) is 0 Å². The van der Waals surface area contributed by atoms with Gasteiger partial charge in [-0.3, -0.25) is 9.59 Å². The number of rotatable bonds is 4. The van der Waals surface area contributed by atoms with Gasteiger partial charge in [-0.2, -0.15) is 0 Å². The smallest absolute Gasteiger partial charge is 0.262 e. The van der Waals surface area contributed by atoms with Crippen LogP contribution in [0.3, 0.4) is 0 Å². The monoisotopic (exact) mass is 299 g/mol. The van der Waals surface area contributed by atoms with Crippen LogP contribution < -0.4 is 16.6 Å². The number of amides is 1. The first-order valence-corrected chi connectivity index (χ1v) is 6.30. The summed E-state index contributed by atoms with van der Waals surface area (Å²) in [5.74, 6) is 0.305. The Labute approximate surface area is 107 Å². The van der Waals surface area contributed by atoms with E-state index in [1.807, 2.05) is 0 Å². The lowest BCUT2D eigenvalue weighted by atomic mass is 10.1. The van der Waals surface area contributed by atoms with Crippen LogP contribution in [0.2, 0.25) is 0 Å². The van der Waals surface area contributed by atoms with Crippen LogP contribution in [0.1, 0.15) is 23.2 Å². The van der Waals surface area contributed by atoms with E-state index in [-0.39, 0.29) is 17.5 Å². The van der Waals surface area contributed by atoms with Crippen molar-refractivity contribution in [1.29, 1.82) is 0 Å². The van der Waals surface area contributed by atoms with Gasteiger partial charge in [0.2, 0.25) is 0 Å². The molecule has 1 aromatic rings. The minimum atomic E-state index is -0.251. The third kappa shape index (κ3) is 2.95. The Hall–Kier alpha value is -1.14. The van der Waals surface area contributed by atoms with Crippen LogP contribution in [0.4, 0.5) is 0 Å². The van der Waals surface area contributed by atoms with Crippen LogP contribution in [-0.4, -0.2) is 23.5 Å². The molecular formula is C11H14BrN3O2. The second-order valence-corrected chi connectivity index (χ2v) is 5.07. The fraction of sp³-hybridized carbons (Fsp3) is 0.455. The van der Waals surface area contributed by atoms with Gasteiger partial charge in [0, 0.05) is 18.8 Å². The number of carbonyl (C=O) groups is 1. The highest BCUT2D eigenvalue weighted by atomic mass is 79.9.